The van der Waals surface area contributed by atoms with E-state index in [1.54, 1.807) is 6.21 Å². The van der Waals surface area contributed by atoms with Crippen LogP contribution < -0.4 is 10.1 Å². The number of halogens is 6. The summed E-state index contributed by atoms with van der Waals surface area (Å²) in [5.41, 5.74) is -2.62. The number of carbonyl (C=O) groups excluding carboxylic acids is 2. The van der Waals surface area contributed by atoms with Crippen molar-refractivity contribution in [2.24, 2.45) is 5.16 Å². The number of esters is 1. The molecule has 0 bridgehead atoms. The lowest BCUT2D eigenvalue weighted by molar-refractivity contribution is -0.143. The molecule has 1 amide bonds. The Balaban J connectivity index is 1.66. The maximum Gasteiger partial charge on any atom is 0.416 e. The number of oxime groups is 1. The van der Waals surface area contributed by atoms with Gasteiger partial charge in [-0.25, -0.2) is 4.79 Å². The van der Waals surface area contributed by atoms with Crippen LogP contribution >= 0.6 is 0 Å². The first-order valence-electron chi connectivity index (χ1n) is 13.2. The Bertz CT molecular complexity index is 1460. The number of ether oxygens (including phenoxy) is 2. The average molecular weight is 625 g/mol. The molecule has 3 aromatic rings. The van der Waals surface area contributed by atoms with Crippen molar-refractivity contribution in [1.82, 2.24) is 0 Å². The minimum absolute atomic E-state index is 0.0292. The zero-order chi connectivity index (χ0) is 32.7. The van der Waals surface area contributed by atoms with Crippen molar-refractivity contribution < 1.29 is 50.2 Å². The minimum Gasteiger partial charge on any atom is -0.493 e. The van der Waals surface area contributed by atoms with Gasteiger partial charge in [0.05, 0.1) is 42.3 Å². The van der Waals surface area contributed by atoms with Gasteiger partial charge in [-0.3, -0.25) is 4.79 Å². The first-order chi connectivity index (χ1) is 20.5. The van der Waals surface area contributed by atoms with Crippen molar-refractivity contribution in [3.63, 3.8) is 0 Å². The molecule has 3 aromatic carbocycles. The number of methoxy groups -OCH3 is 1. The topological polar surface area (TPSA) is 86.2 Å². The normalized spacial score (nSPS) is 12.2. The van der Waals surface area contributed by atoms with Crippen LogP contribution in [-0.4, -0.2) is 38.4 Å². The van der Waals surface area contributed by atoms with E-state index in [0.717, 1.165) is 12.7 Å². The summed E-state index contributed by atoms with van der Waals surface area (Å²) >= 11 is 0. The Morgan fingerprint density at radius 1 is 0.818 bits per heavy atom. The minimum atomic E-state index is -5.14. The van der Waals surface area contributed by atoms with Crippen molar-refractivity contribution in [1.29, 1.82) is 0 Å². The largest absolute Gasteiger partial charge is 0.493 e. The molecule has 0 aromatic heterocycles. The highest BCUT2D eigenvalue weighted by molar-refractivity contribution is 6.08. The molecule has 44 heavy (non-hydrogen) atoms. The molecule has 236 valence electrons. The number of hydrogen-bond donors (Lipinski definition) is 1. The Morgan fingerprint density at radius 2 is 1.43 bits per heavy atom. The van der Waals surface area contributed by atoms with Crippen LogP contribution in [0.15, 0.2) is 65.8 Å². The summed E-state index contributed by atoms with van der Waals surface area (Å²) in [7, 11) is 1.06. The van der Waals surface area contributed by atoms with Crippen LogP contribution in [0.25, 0.3) is 0 Å². The highest BCUT2D eigenvalue weighted by Crippen LogP contribution is 2.36. The Labute approximate surface area is 249 Å². The van der Waals surface area contributed by atoms with Crippen LogP contribution in [0, 0.1) is 0 Å². The Kier molecular flexibility index (Phi) is 10.7. The van der Waals surface area contributed by atoms with E-state index in [4.69, 9.17) is 9.57 Å². The number of nitrogens with one attached hydrogen (secondary N) is 1. The molecule has 0 heterocycles. The predicted molar refractivity (Wildman–Crippen MR) is 151 cm³/mol. The first kappa shape index (κ1) is 33.9. The molecule has 7 nitrogen and oxygen atoms in total. The maximum absolute atomic E-state index is 13.2. The van der Waals surface area contributed by atoms with Gasteiger partial charge in [0.2, 0.25) is 0 Å². The van der Waals surface area contributed by atoms with Crippen LogP contribution in [0.3, 0.4) is 0 Å². The zero-order valence-electron chi connectivity index (χ0n) is 24.2. The maximum atomic E-state index is 13.2. The van der Waals surface area contributed by atoms with Crippen molar-refractivity contribution in [2.45, 2.75) is 45.0 Å². The van der Waals surface area contributed by atoms with E-state index in [0.29, 0.717) is 6.42 Å². The van der Waals surface area contributed by atoms with Crippen LogP contribution in [0.4, 0.5) is 32.0 Å². The number of rotatable bonds is 10. The number of amides is 1. The van der Waals surface area contributed by atoms with Gasteiger partial charge in [-0.2, -0.15) is 26.3 Å². The molecule has 0 radical (unpaired) electrons. The molecule has 13 heteroatoms. The highest BCUT2D eigenvalue weighted by Gasteiger charge is 2.37. The van der Waals surface area contributed by atoms with Crippen molar-refractivity contribution >= 4 is 23.8 Å². The second-order valence-corrected chi connectivity index (χ2v) is 10.6. The van der Waals surface area contributed by atoms with Gasteiger partial charge >= 0.3 is 18.3 Å². The van der Waals surface area contributed by atoms with E-state index < -0.39 is 40.9 Å². The van der Waals surface area contributed by atoms with Gasteiger partial charge < -0.3 is 19.6 Å². The number of carbonyl (C=O) groups is 2. The Morgan fingerprint density at radius 3 is 1.98 bits per heavy atom. The average Bonchev–Trinajstić information content (AvgIpc) is 2.95. The van der Waals surface area contributed by atoms with Crippen molar-refractivity contribution in [3.05, 3.63) is 94.0 Å². The molecule has 1 N–H and O–H groups in total. The van der Waals surface area contributed by atoms with E-state index in [9.17, 15) is 35.9 Å². The second-order valence-electron chi connectivity index (χ2n) is 10.6. The molecule has 0 saturated carbocycles. The lowest BCUT2D eigenvalue weighted by Gasteiger charge is -2.18. The lowest BCUT2D eigenvalue weighted by atomic mass is 9.87. The number of anilines is 1. The fourth-order valence-corrected chi connectivity index (χ4v) is 3.82. The van der Waals surface area contributed by atoms with Crippen LogP contribution in [0.1, 0.15) is 70.2 Å². The molecule has 0 aliphatic heterocycles. The summed E-state index contributed by atoms with van der Waals surface area (Å²) in [6.07, 6.45) is -8.34. The van der Waals surface area contributed by atoms with E-state index in [1.165, 1.54) is 23.8 Å². The summed E-state index contributed by atoms with van der Waals surface area (Å²) in [5, 5.41) is 6.10. The third-order valence-corrected chi connectivity index (χ3v) is 6.20. The fraction of sp³-hybridized carbons (Fsp3) is 0.323. The lowest BCUT2D eigenvalue weighted by Crippen LogP contribution is -2.19. The standard InChI is InChI=1S/C31H30F6N2O5/c1-29(2,3)21-8-6-19(7-9-21)18-38-44-13-5-12-43-24-10-11-25(28(41)42-4)26(17-24)39-27(40)20-14-22(30(32,33)34)16-23(15-20)31(35,36)37/h6-11,14-18H,5,12-13H2,1-4H3,(H,39,40)/b38-18-. The predicted octanol–water partition coefficient (Wildman–Crippen LogP) is 7.88. The molecular weight excluding hydrogens is 594 g/mol. The molecule has 0 spiro atoms. The molecular formula is C31H30F6N2O5. The zero-order valence-corrected chi connectivity index (χ0v) is 24.2. The van der Waals surface area contributed by atoms with Crippen LogP contribution in [0.2, 0.25) is 0 Å². The number of nitrogens with zero attached hydrogens (tertiary/aromatic N) is 1. The third-order valence-electron chi connectivity index (χ3n) is 6.20. The Hall–Kier alpha value is -4.55. The van der Waals surface area contributed by atoms with Crippen LogP contribution in [0.5, 0.6) is 5.75 Å². The number of benzene rings is 3. The number of hydrogen-bond acceptors (Lipinski definition) is 6. The molecule has 0 aliphatic rings. The summed E-state index contributed by atoms with van der Waals surface area (Å²) in [4.78, 5) is 30.3. The summed E-state index contributed by atoms with van der Waals surface area (Å²) in [6, 6.07) is 12.2. The SMILES string of the molecule is COC(=O)c1ccc(OCCCO/N=C\c2ccc(C(C)(C)C)cc2)cc1NC(=O)c1cc(C(F)(F)F)cc(C(F)(F)F)c1. The van der Waals surface area contributed by atoms with Gasteiger partial charge in [0.1, 0.15) is 12.4 Å². The van der Waals surface area contributed by atoms with Crippen LogP contribution in [-0.2, 0) is 27.3 Å². The van der Waals surface area contributed by atoms with E-state index in [-0.39, 0.29) is 53.8 Å². The van der Waals surface area contributed by atoms with E-state index >= 15 is 0 Å². The monoisotopic (exact) mass is 624 g/mol. The van der Waals surface area contributed by atoms with Crippen molar-refractivity contribution in [3.8, 4) is 5.75 Å². The quantitative estimate of drug-likeness (QED) is 0.0816. The summed E-state index contributed by atoms with van der Waals surface area (Å²) < 4.78 is 89.7. The smallest absolute Gasteiger partial charge is 0.416 e. The van der Waals surface area contributed by atoms with Gasteiger partial charge in [0, 0.05) is 18.1 Å². The molecule has 0 saturated heterocycles. The molecule has 0 atom stereocenters. The second kappa shape index (κ2) is 13.8. The van der Waals surface area contributed by atoms with Gasteiger partial charge in [-0.05, 0) is 46.9 Å². The molecule has 0 unspecified atom stereocenters. The highest BCUT2D eigenvalue weighted by atomic mass is 19.4. The number of alkyl halides is 6. The third kappa shape index (κ3) is 9.48. The molecule has 0 aliphatic carbocycles. The summed E-state index contributed by atoms with van der Waals surface area (Å²) in [6.45, 7) is 6.65. The molecule has 0 fully saturated rings. The van der Waals surface area contributed by atoms with Gasteiger partial charge in [0.15, 0.2) is 0 Å². The van der Waals surface area contributed by atoms with Crippen molar-refractivity contribution in [2.75, 3.05) is 25.6 Å². The summed E-state index contributed by atoms with van der Waals surface area (Å²) in [5.74, 6) is -2.08. The first-order valence-corrected chi connectivity index (χ1v) is 13.2. The van der Waals surface area contributed by atoms with E-state index in [1.807, 2.05) is 24.3 Å². The molecule has 3 rings (SSSR count). The van der Waals surface area contributed by atoms with Gasteiger partial charge in [-0.15, -0.1) is 0 Å². The van der Waals surface area contributed by atoms with Gasteiger partial charge in [-0.1, -0.05) is 50.2 Å². The van der Waals surface area contributed by atoms with Gasteiger partial charge in [0.25, 0.3) is 5.91 Å². The van der Waals surface area contributed by atoms with E-state index in [2.05, 4.69) is 36.0 Å². The fourth-order valence-electron chi connectivity index (χ4n) is 3.82.